The molecular formula is C11H17NOS. The number of rotatable bonds is 2. The highest BCUT2D eigenvalue weighted by Gasteiger charge is 2.10. The minimum absolute atomic E-state index is 0.104. The lowest BCUT2D eigenvalue weighted by Gasteiger charge is -2.16. The molecule has 0 aliphatic rings. The molecule has 0 bridgehead atoms. The molecule has 0 saturated carbocycles. The van der Waals surface area contributed by atoms with Crippen LogP contribution in [0.3, 0.4) is 0 Å². The van der Waals surface area contributed by atoms with Gasteiger partial charge in [-0.25, -0.2) is 0 Å². The Hall–Kier alpha value is -0.700. The average Bonchev–Trinajstić information content (AvgIpc) is 2.02. The lowest BCUT2D eigenvalue weighted by atomic mass is 10.1. The van der Waals surface area contributed by atoms with Crippen molar-refractivity contribution in [2.75, 3.05) is 0 Å². The van der Waals surface area contributed by atoms with Gasteiger partial charge >= 0.3 is 0 Å². The van der Waals surface area contributed by atoms with Gasteiger partial charge in [0, 0.05) is 23.1 Å². The van der Waals surface area contributed by atoms with Gasteiger partial charge < -0.3 is 4.57 Å². The number of thiol groups is 1. The molecule has 1 rings (SSSR count). The second-order valence-corrected chi connectivity index (χ2v) is 4.19. The molecule has 1 aromatic rings. The fourth-order valence-electron chi connectivity index (χ4n) is 1.78. The van der Waals surface area contributed by atoms with E-state index in [4.69, 9.17) is 0 Å². The van der Waals surface area contributed by atoms with E-state index in [2.05, 4.69) is 12.6 Å². The predicted molar refractivity (Wildman–Crippen MR) is 63.3 cm³/mol. The first-order valence-corrected chi connectivity index (χ1v) is 5.44. The van der Waals surface area contributed by atoms with Crippen LogP contribution in [0.2, 0.25) is 0 Å². The van der Waals surface area contributed by atoms with Gasteiger partial charge in [-0.15, -0.1) is 0 Å². The summed E-state index contributed by atoms with van der Waals surface area (Å²) >= 11 is 4.19. The average molecular weight is 211 g/mol. The van der Waals surface area contributed by atoms with E-state index in [1.807, 2.05) is 38.3 Å². The summed E-state index contributed by atoms with van der Waals surface area (Å²) in [4.78, 5) is 12.0. The molecular weight excluding hydrogens is 194 g/mol. The molecule has 1 heterocycles. The fraction of sp³-hybridized carbons (Fsp3) is 0.545. The van der Waals surface area contributed by atoms with E-state index >= 15 is 0 Å². The molecule has 0 spiro atoms. The Morgan fingerprint density at radius 3 is 2.43 bits per heavy atom. The van der Waals surface area contributed by atoms with E-state index in [0.29, 0.717) is 5.75 Å². The van der Waals surface area contributed by atoms with Gasteiger partial charge in [0.1, 0.15) is 0 Å². The minimum Gasteiger partial charge on any atom is -0.310 e. The van der Waals surface area contributed by atoms with Crippen LogP contribution in [0.25, 0.3) is 0 Å². The molecule has 2 nitrogen and oxygen atoms in total. The van der Waals surface area contributed by atoms with Crippen LogP contribution in [0.15, 0.2) is 10.9 Å². The van der Waals surface area contributed by atoms with E-state index in [9.17, 15) is 4.79 Å². The summed E-state index contributed by atoms with van der Waals surface area (Å²) in [5.41, 5.74) is 2.98. The van der Waals surface area contributed by atoms with Crippen LogP contribution in [0.4, 0.5) is 0 Å². The summed E-state index contributed by atoms with van der Waals surface area (Å²) in [6, 6.07) is 2.26. The third-order valence-corrected chi connectivity index (χ3v) is 2.75. The summed E-state index contributed by atoms with van der Waals surface area (Å²) in [6.07, 6.45) is 0. The summed E-state index contributed by atoms with van der Waals surface area (Å²) in [5, 5.41) is 0. The Kier molecular flexibility index (Phi) is 3.43. The third-order valence-electron chi connectivity index (χ3n) is 2.43. The molecule has 0 saturated heterocycles. The summed E-state index contributed by atoms with van der Waals surface area (Å²) < 4.78 is 1.82. The summed E-state index contributed by atoms with van der Waals surface area (Å²) in [5.74, 6) is 0.512. The lowest BCUT2D eigenvalue weighted by molar-refractivity contribution is 0.558. The molecule has 0 aliphatic carbocycles. The SMILES string of the molecule is Cc1cc(C)n(C(C)C)c(=O)c1CS. The van der Waals surface area contributed by atoms with Gasteiger partial charge in [0.2, 0.25) is 0 Å². The van der Waals surface area contributed by atoms with Gasteiger partial charge in [-0.2, -0.15) is 12.6 Å². The van der Waals surface area contributed by atoms with Crippen molar-refractivity contribution in [3.05, 3.63) is 33.2 Å². The van der Waals surface area contributed by atoms with Crippen LogP contribution >= 0.6 is 12.6 Å². The van der Waals surface area contributed by atoms with Crippen molar-refractivity contribution in [2.24, 2.45) is 0 Å². The molecule has 0 radical (unpaired) electrons. The van der Waals surface area contributed by atoms with Crippen LogP contribution in [0, 0.1) is 13.8 Å². The quantitative estimate of drug-likeness (QED) is 0.746. The fourth-order valence-corrected chi connectivity index (χ4v) is 2.16. The lowest BCUT2D eigenvalue weighted by Crippen LogP contribution is -2.27. The normalized spacial score (nSPS) is 11.0. The largest absolute Gasteiger partial charge is 0.310 e. The molecule has 14 heavy (non-hydrogen) atoms. The van der Waals surface area contributed by atoms with Crippen LogP contribution in [0.5, 0.6) is 0 Å². The zero-order valence-corrected chi connectivity index (χ0v) is 10.1. The van der Waals surface area contributed by atoms with Crippen LogP contribution in [-0.4, -0.2) is 4.57 Å². The number of pyridine rings is 1. The van der Waals surface area contributed by atoms with Crippen molar-refractivity contribution in [1.82, 2.24) is 4.57 Å². The molecule has 3 heteroatoms. The topological polar surface area (TPSA) is 22.0 Å². The van der Waals surface area contributed by atoms with Gasteiger partial charge in [-0.1, -0.05) is 0 Å². The maximum atomic E-state index is 12.0. The molecule has 0 amide bonds. The third kappa shape index (κ3) is 1.87. The molecule has 1 aromatic heterocycles. The smallest absolute Gasteiger partial charge is 0.255 e. The van der Waals surface area contributed by atoms with E-state index in [-0.39, 0.29) is 11.6 Å². The minimum atomic E-state index is 0.104. The Balaban J connectivity index is 3.53. The number of aromatic nitrogens is 1. The van der Waals surface area contributed by atoms with Gasteiger partial charge in [0.15, 0.2) is 0 Å². The van der Waals surface area contributed by atoms with Crippen LogP contribution in [-0.2, 0) is 5.75 Å². The number of hydrogen-bond donors (Lipinski definition) is 1. The van der Waals surface area contributed by atoms with Crippen molar-refractivity contribution in [3.63, 3.8) is 0 Å². The second kappa shape index (κ2) is 4.22. The van der Waals surface area contributed by atoms with E-state index in [0.717, 1.165) is 16.8 Å². The molecule has 0 fully saturated rings. The summed E-state index contributed by atoms with van der Waals surface area (Å²) in [7, 11) is 0. The molecule has 78 valence electrons. The highest BCUT2D eigenvalue weighted by molar-refractivity contribution is 7.79. The highest BCUT2D eigenvalue weighted by Crippen LogP contribution is 2.12. The Morgan fingerprint density at radius 2 is 2.00 bits per heavy atom. The zero-order valence-electron chi connectivity index (χ0n) is 9.16. The first kappa shape index (κ1) is 11.4. The maximum Gasteiger partial charge on any atom is 0.255 e. The molecule has 0 atom stereocenters. The number of hydrogen-bond acceptors (Lipinski definition) is 2. The predicted octanol–water partition coefficient (Wildman–Crippen LogP) is 2.48. The molecule has 0 unspecified atom stereocenters. The second-order valence-electron chi connectivity index (χ2n) is 3.87. The van der Waals surface area contributed by atoms with E-state index in [1.54, 1.807) is 0 Å². The molecule has 0 aromatic carbocycles. The van der Waals surface area contributed by atoms with Crippen LogP contribution in [0.1, 0.15) is 36.7 Å². The standard InChI is InChI=1S/C11H17NOS/c1-7(2)12-9(4)5-8(3)10(6-14)11(12)13/h5,7,14H,6H2,1-4H3. The van der Waals surface area contributed by atoms with E-state index < -0.39 is 0 Å². The van der Waals surface area contributed by atoms with Crippen molar-refractivity contribution >= 4 is 12.6 Å². The van der Waals surface area contributed by atoms with Gasteiger partial charge in [0.25, 0.3) is 5.56 Å². The first-order valence-electron chi connectivity index (χ1n) is 4.81. The monoisotopic (exact) mass is 211 g/mol. The highest BCUT2D eigenvalue weighted by atomic mass is 32.1. The summed E-state index contributed by atoms with van der Waals surface area (Å²) in [6.45, 7) is 7.97. The maximum absolute atomic E-state index is 12.0. The van der Waals surface area contributed by atoms with Crippen molar-refractivity contribution < 1.29 is 0 Å². The van der Waals surface area contributed by atoms with Crippen molar-refractivity contribution in [1.29, 1.82) is 0 Å². The Labute approximate surface area is 90.4 Å². The van der Waals surface area contributed by atoms with Gasteiger partial charge in [0.05, 0.1) is 0 Å². The van der Waals surface area contributed by atoms with E-state index in [1.165, 1.54) is 0 Å². The van der Waals surface area contributed by atoms with Gasteiger partial charge in [-0.05, 0) is 39.3 Å². The van der Waals surface area contributed by atoms with Crippen molar-refractivity contribution in [3.8, 4) is 0 Å². The van der Waals surface area contributed by atoms with Crippen LogP contribution < -0.4 is 5.56 Å². The van der Waals surface area contributed by atoms with Crippen molar-refractivity contribution in [2.45, 2.75) is 39.5 Å². The molecule has 0 N–H and O–H groups in total. The first-order chi connectivity index (χ1) is 6.49. The zero-order chi connectivity index (χ0) is 10.9. The number of nitrogens with zero attached hydrogens (tertiary/aromatic N) is 1. The Morgan fingerprint density at radius 1 is 1.43 bits per heavy atom. The molecule has 0 aliphatic heterocycles. The Bertz CT molecular complexity index is 393. The van der Waals surface area contributed by atoms with Gasteiger partial charge in [-0.3, -0.25) is 4.79 Å². The number of aryl methyl sites for hydroxylation is 2.